The van der Waals surface area contributed by atoms with Crippen LogP contribution < -0.4 is 10.1 Å². The number of hydrogen-bond acceptors (Lipinski definition) is 3. The van der Waals surface area contributed by atoms with E-state index in [4.69, 9.17) is 9.72 Å². The summed E-state index contributed by atoms with van der Waals surface area (Å²) in [7, 11) is 0. The lowest BCUT2D eigenvalue weighted by molar-refractivity contribution is -0.121. The zero-order valence-electron chi connectivity index (χ0n) is 20.5. The van der Waals surface area contributed by atoms with Gasteiger partial charge in [-0.15, -0.1) is 0 Å². The zero-order chi connectivity index (χ0) is 23.5. The number of carbonyl (C=O) groups excluding carboxylic acids is 1. The number of amides is 1. The van der Waals surface area contributed by atoms with Crippen molar-refractivity contribution in [2.24, 2.45) is 0 Å². The van der Waals surface area contributed by atoms with Crippen LogP contribution in [0.2, 0.25) is 0 Å². The van der Waals surface area contributed by atoms with Crippen molar-refractivity contribution in [3.8, 4) is 5.75 Å². The number of rotatable bonds is 14. The fourth-order valence-corrected chi connectivity index (χ4v) is 4.06. The summed E-state index contributed by atoms with van der Waals surface area (Å²) < 4.78 is 8.34. The van der Waals surface area contributed by atoms with Crippen LogP contribution in [0.4, 0.5) is 0 Å². The number of nitrogens with one attached hydrogen (secondary N) is 1. The molecule has 0 aliphatic rings. The van der Waals surface area contributed by atoms with Gasteiger partial charge in [-0.1, -0.05) is 31.5 Å². The molecule has 2 aromatic carbocycles. The van der Waals surface area contributed by atoms with E-state index in [1.165, 1.54) is 22.5 Å². The lowest BCUT2D eigenvalue weighted by Crippen LogP contribution is -2.23. The Bertz CT molecular complexity index is 1030. The van der Waals surface area contributed by atoms with E-state index < -0.39 is 0 Å². The number of fused-ring (bicyclic) bond motifs is 1. The van der Waals surface area contributed by atoms with Gasteiger partial charge in [-0.25, -0.2) is 4.98 Å². The molecule has 0 atom stereocenters. The second-order valence-corrected chi connectivity index (χ2v) is 8.88. The molecule has 33 heavy (non-hydrogen) atoms. The predicted octanol–water partition coefficient (Wildman–Crippen LogP) is 6.14. The Morgan fingerprint density at radius 1 is 1.00 bits per heavy atom. The second kappa shape index (κ2) is 13.0. The van der Waals surface area contributed by atoms with Crippen molar-refractivity contribution in [2.75, 3.05) is 13.2 Å². The number of aryl methyl sites for hydroxylation is 4. The largest absolute Gasteiger partial charge is 0.494 e. The Labute approximate surface area is 198 Å². The fourth-order valence-electron chi connectivity index (χ4n) is 4.06. The molecule has 1 N–H and O–H groups in total. The summed E-state index contributed by atoms with van der Waals surface area (Å²) in [6.45, 7) is 8.74. The van der Waals surface area contributed by atoms with E-state index in [0.29, 0.717) is 6.42 Å². The summed E-state index contributed by atoms with van der Waals surface area (Å²) in [6, 6.07) is 14.7. The SMILES string of the molecule is CCCC(=O)NCCCCCc1nc2ccccc2n1CCCCOc1ccc(C)c(C)c1. The van der Waals surface area contributed by atoms with E-state index in [9.17, 15) is 4.79 Å². The number of unbranched alkanes of at least 4 members (excludes halogenated alkanes) is 3. The molecule has 0 saturated carbocycles. The first kappa shape index (κ1) is 24.8. The molecule has 0 fully saturated rings. The molecule has 1 aromatic heterocycles. The molecule has 1 amide bonds. The summed E-state index contributed by atoms with van der Waals surface area (Å²) in [5, 5.41) is 3.00. The number of para-hydroxylation sites is 2. The van der Waals surface area contributed by atoms with Gasteiger partial charge in [-0.05, 0) is 81.3 Å². The van der Waals surface area contributed by atoms with Gasteiger partial charge in [0.1, 0.15) is 11.6 Å². The van der Waals surface area contributed by atoms with Crippen LogP contribution in [0.25, 0.3) is 11.0 Å². The minimum atomic E-state index is 0.167. The van der Waals surface area contributed by atoms with Gasteiger partial charge in [-0.2, -0.15) is 0 Å². The number of aromatic nitrogens is 2. The first-order chi connectivity index (χ1) is 16.1. The van der Waals surface area contributed by atoms with Crippen LogP contribution in [0.5, 0.6) is 5.75 Å². The van der Waals surface area contributed by atoms with E-state index in [0.717, 1.165) is 75.9 Å². The van der Waals surface area contributed by atoms with Crippen molar-refractivity contribution in [1.29, 1.82) is 0 Å². The lowest BCUT2D eigenvalue weighted by Gasteiger charge is -2.11. The standard InChI is InChI=1S/C28H39N3O2/c1-4-12-28(32)29-18-9-5-6-15-27-30-25-13-7-8-14-26(25)31(27)19-10-11-20-33-24-17-16-22(2)23(3)21-24/h7-8,13-14,16-17,21H,4-6,9-12,15,18-20H2,1-3H3,(H,29,32). The van der Waals surface area contributed by atoms with E-state index in [2.05, 4.69) is 66.2 Å². The highest BCUT2D eigenvalue weighted by molar-refractivity contribution is 5.76. The number of ether oxygens (including phenoxy) is 1. The van der Waals surface area contributed by atoms with Gasteiger partial charge in [0.2, 0.25) is 5.91 Å². The minimum Gasteiger partial charge on any atom is -0.494 e. The lowest BCUT2D eigenvalue weighted by atomic mass is 10.1. The summed E-state index contributed by atoms with van der Waals surface area (Å²) in [4.78, 5) is 16.5. The normalized spacial score (nSPS) is 11.1. The molecule has 3 rings (SSSR count). The third kappa shape index (κ3) is 7.62. The van der Waals surface area contributed by atoms with Crippen molar-refractivity contribution in [3.05, 3.63) is 59.4 Å². The van der Waals surface area contributed by atoms with E-state index in [1.807, 2.05) is 6.92 Å². The highest BCUT2D eigenvalue weighted by Gasteiger charge is 2.10. The predicted molar refractivity (Wildman–Crippen MR) is 136 cm³/mol. The molecule has 0 saturated heterocycles. The zero-order valence-corrected chi connectivity index (χ0v) is 20.5. The van der Waals surface area contributed by atoms with Crippen LogP contribution in [0.15, 0.2) is 42.5 Å². The van der Waals surface area contributed by atoms with Crippen molar-refractivity contribution in [3.63, 3.8) is 0 Å². The smallest absolute Gasteiger partial charge is 0.219 e. The average molecular weight is 450 g/mol. The van der Waals surface area contributed by atoms with Crippen molar-refractivity contribution in [1.82, 2.24) is 14.9 Å². The molecule has 5 nitrogen and oxygen atoms in total. The molecule has 5 heteroatoms. The first-order valence-electron chi connectivity index (χ1n) is 12.5. The quantitative estimate of drug-likeness (QED) is 0.301. The Hall–Kier alpha value is -2.82. The van der Waals surface area contributed by atoms with Crippen LogP contribution in [0.3, 0.4) is 0 Å². The minimum absolute atomic E-state index is 0.167. The van der Waals surface area contributed by atoms with Gasteiger partial charge in [0.05, 0.1) is 17.6 Å². The van der Waals surface area contributed by atoms with Gasteiger partial charge in [0.25, 0.3) is 0 Å². The summed E-state index contributed by atoms with van der Waals surface area (Å²) in [5.41, 5.74) is 4.86. The van der Waals surface area contributed by atoms with Gasteiger partial charge in [-0.3, -0.25) is 4.79 Å². The summed E-state index contributed by atoms with van der Waals surface area (Å²) in [5.74, 6) is 2.29. The molecule has 0 bridgehead atoms. The van der Waals surface area contributed by atoms with Crippen molar-refractivity contribution < 1.29 is 9.53 Å². The molecule has 0 aliphatic heterocycles. The van der Waals surface area contributed by atoms with E-state index in [1.54, 1.807) is 0 Å². The molecule has 0 aliphatic carbocycles. The molecule has 0 radical (unpaired) electrons. The number of benzene rings is 2. The molecule has 0 spiro atoms. The maximum atomic E-state index is 11.6. The van der Waals surface area contributed by atoms with Gasteiger partial charge in [0, 0.05) is 25.9 Å². The number of nitrogens with zero attached hydrogens (tertiary/aromatic N) is 2. The summed E-state index contributed by atoms with van der Waals surface area (Å²) in [6.07, 6.45) is 7.77. The highest BCUT2D eigenvalue weighted by atomic mass is 16.5. The Balaban J connectivity index is 1.46. The van der Waals surface area contributed by atoms with Crippen LogP contribution in [0, 0.1) is 13.8 Å². The van der Waals surface area contributed by atoms with Crippen LogP contribution in [0.1, 0.15) is 68.8 Å². The highest BCUT2D eigenvalue weighted by Crippen LogP contribution is 2.20. The fraction of sp³-hybridized carbons (Fsp3) is 0.500. The van der Waals surface area contributed by atoms with E-state index >= 15 is 0 Å². The third-order valence-corrected chi connectivity index (χ3v) is 6.13. The topological polar surface area (TPSA) is 56.2 Å². The number of hydrogen-bond donors (Lipinski definition) is 1. The van der Waals surface area contributed by atoms with Gasteiger partial charge in [0.15, 0.2) is 0 Å². The van der Waals surface area contributed by atoms with Gasteiger partial charge >= 0.3 is 0 Å². The Morgan fingerprint density at radius 3 is 2.67 bits per heavy atom. The molecule has 0 unspecified atom stereocenters. The summed E-state index contributed by atoms with van der Waals surface area (Å²) >= 11 is 0. The molecule has 1 heterocycles. The number of carbonyl (C=O) groups is 1. The first-order valence-corrected chi connectivity index (χ1v) is 12.5. The maximum absolute atomic E-state index is 11.6. The van der Waals surface area contributed by atoms with Crippen molar-refractivity contribution >= 4 is 16.9 Å². The van der Waals surface area contributed by atoms with Crippen LogP contribution in [-0.2, 0) is 17.8 Å². The molecular weight excluding hydrogens is 410 g/mol. The third-order valence-electron chi connectivity index (χ3n) is 6.13. The molecule has 3 aromatic rings. The van der Waals surface area contributed by atoms with Crippen LogP contribution in [-0.4, -0.2) is 28.6 Å². The Morgan fingerprint density at radius 2 is 1.85 bits per heavy atom. The molecular formula is C28H39N3O2. The molecule has 178 valence electrons. The van der Waals surface area contributed by atoms with E-state index in [-0.39, 0.29) is 5.91 Å². The van der Waals surface area contributed by atoms with Gasteiger partial charge < -0.3 is 14.6 Å². The monoisotopic (exact) mass is 449 g/mol. The number of imidazole rings is 1. The van der Waals surface area contributed by atoms with Crippen molar-refractivity contribution in [2.45, 2.75) is 78.7 Å². The average Bonchev–Trinajstić information content (AvgIpc) is 3.16. The second-order valence-electron chi connectivity index (χ2n) is 8.88. The Kier molecular flexibility index (Phi) is 9.79. The maximum Gasteiger partial charge on any atom is 0.219 e. The van der Waals surface area contributed by atoms with Crippen LogP contribution >= 0.6 is 0 Å².